The van der Waals surface area contributed by atoms with Gasteiger partial charge >= 0.3 is 0 Å². The molecule has 1 aromatic rings. The third-order valence-electron chi connectivity index (χ3n) is 4.10. The molecule has 2 N–H and O–H groups in total. The van der Waals surface area contributed by atoms with Gasteiger partial charge in [0, 0.05) is 18.6 Å². The van der Waals surface area contributed by atoms with Crippen molar-refractivity contribution in [3.8, 4) is 0 Å². The Bertz CT molecular complexity index is 620. The van der Waals surface area contributed by atoms with E-state index in [4.69, 9.17) is 5.73 Å². The number of hydrogen-bond acceptors (Lipinski definition) is 3. The molecule has 6 heteroatoms. The molecular formula is C13H17FN2O2S. The standard InChI is InChI=1S/C13H17FN2O2S/c1-9-2-5-11(14)6-12(9)19(17,18)16-7-13(15,8-16)10-3-4-10/h2,5-6,10H,3-4,7-8,15H2,1H3. The molecule has 0 bridgehead atoms. The van der Waals surface area contributed by atoms with E-state index in [2.05, 4.69) is 0 Å². The van der Waals surface area contributed by atoms with Crippen LogP contribution in [0.5, 0.6) is 0 Å². The van der Waals surface area contributed by atoms with Gasteiger partial charge in [-0.05, 0) is 43.4 Å². The first-order valence-corrected chi connectivity index (χ1v) is 7.82. The molecule has 0 aromatic heterocycles. The van der Waals surface area contributed by atoms with Crippen LogP contribution in [-0.2, 0) is 10.0 Å². The van der Waals surface area contributed by atoms with Crippen molar-refractivity contribution in [2.75, 3.05) is 13.1 Å². The Morgan fingerprint density at radius 1 is 1.37 bits per heavy atom. The van der Waals surface area contributed by atoms with Crippen LogP contribution in [0.1, 0.15) is 18.4 Å². The average Bonchev–Trinajstić information content (AvgIpc) is 3.12. The zero-order valence-electron chi connectivity index (χ0n) is 10.8. The maximum Gasteiger partial charge on any atom is 0.243 e. The molecule has 1 aliphatic carbocycles. The Labute approximate surface area is 112 Å². The topological polar surface area (TPSA) is 63.4 Å². The number of rotatable bonds is 3. The molecule has 104 valence electrons. The second kappa shape index (κ2) is 4.01. The molecule has 0 spiro atoms. The lowest BCUT2D eigenvalue weighted by Gasteiger charge is -2.47. The summed E-state index contributed by atoms with van der Waals surface area (Å²) in [4.78, 5) is 0.0466. The average molecular weight is 284 g/mol. The highest BCUT2D eigenvalue weighted by atomic mass is 32.2. The number of hydrogen-bond donors (Lipinski definition) is 1. The third kappa shape index (κ3) is 2.07. The number of nitrogens with two attached hydrogens (primary N) is 1. The number of halogens is 1. The van der Waals surface area contributed by atoms with Crippen LogP contribution in [0.4, 0.5) is 4.39 Å². The highest BCUT2D eigenvalue weighted by Gasteiger charge is 2.53. The van der Waals surface area contributed by atoms with Gasteiger partial charge in [0.1, 0.15) is 5.82 Å². The Kier molecular flexibility index (Phi) is 2.75. The lowest BCUT2D eigenvalue weighted by molar-refractivity contribution is 0.135. The molecule has 0 atom stereocenters. The van der Waals surface area contributed by atoms with E-state index in [1.807, 2.05) is 0 Å². The summed E-state index contributed by atoms with van der Waals surface area (Å²) in [6, 6.07) is 3.83. The molecule has 1 heterocycles. The highest BCUT2D eigenvalue weighted by Crippen LogP contribution is 2.44. The van der Waals surface area contributed by atoms with Gasteiger partial charge in [-0.2, -0.15) is 4.31 Å². The molecule has 1 saturated heterocycles. The minimum absolute atomic E-state index is 0.0466. The van der Waals surface area contributed by atoms with E-state index in [0.29, 0.717) is 24.6 Å². The first-order valence-electron chi connectivity index (χ1n) is 6.38. The first kappa shape index (κ1) is 13.0. The summed E-state index contributed by atoms with van der Waals surface area (Å²) >= 11 is 0. The molecule has 4 nitrogen and oxygen atoms in total. The van der Waals surface area contributed by atoms with E-state index in [1.54, 1.807) is 6.92 Å². The van der Waals surface area contributed by atoms with E-state index in [9.17, 15) is 12.8 Å². The zero-order chi connectivity index (χ0) is 13.8. The molecule has 19 heavy (non-hydrogen) atoms. The molecule has 0 unspecified atom stereocenters. The van der Waals surface area contributed by atoms with Gasteiger partial charge in [-0.3, -0.25) is 0 Å². The van der Waals surface area contributed by atoms with Crippen molar-refractivity contribution in [3.63, 3.8) is 0 Å². The second-order valence-corrected chi connectivity index (χ2v) is 7.60. The van der Waals surface area contributed by atoms with Crippen LogP contribution in [0.25, 0.3) is 0 Å². The number of sulfonamides is 1. The number of aryl methyl sites for hydroxylation is 1. The SMILES string of the molecule is Cc1ccc(F)cc1S(=O)(=O)N1CC(N)(C2CC2)C1. The van der Waals surface area contributed by atoms with Crippen LogP contribution >= 0.6 is 0 Å². The van der Waals surface area contributed by atoms with Crippen LogP contribution in [0.15, 0.2) is 23.1 Å². The van der Waals surface area contributed by atoms with Gasteiger partial charge < -0.3 is 5.73 Å². The van der Waals surface area contributed by atoms with Crippen LogP contribution < -0.4 is 5.73 Å². The van der Waals surface area contributed by atoms with E-state index < -0.39 is 15.8 Å². The molecule has 0 radical (unpaired) electrons. The molecule has 1 aromatic carbocycles. The van der Waals surface area contributed by atoms with Crippen LogP contribution in [-0.4, -0.2) is 31.4 Å². The van der Waals surface area contributed by atoms with Gasteiger partial charge in [0.2, 0.25) is 10.0 Å². The smallest absolute Gasteiger partial charge is 0.243 e. The van der Waals surface area contributed by atoms with Gasteiger partial charge in [0.25, 0.3) is 0 Å². The number of nitrogens with zero attached hydrogens (tertiary/aromatic N) is 1. The summed E-state index contributed by atoms with van der Waals surface area (Å²) in [5.74, 6) is -0.0848. The summed E-state index contributed by atoms with van der Waals surface area (Å²) in [6.07, 6.45) is 2.17. The van der Waals surface area contributed by atoms with Crippen LogP contribution in [0.2, 0.25) is 0 Å². The fraction of sp³-hybridized carbons (Fsp3) is 0.538. The summed E-state index contributed by atoms with van der Waals surface area (Å²) in [7, 11) is -3.62. The summed E-state index contributed by atoms with van der Waals surface area (Å²) in [6.45, 7) is 2.36. The Morgan fingerprint density at radius 2 is 2.00 bits per heavy atom. The Balaban J connectivity index is 1.86. The largest absolute Gasteiger partial charge is 0.323 e. The van der Waals surface area contributed by atoms with Crippen molar-refractivity contribution in [1.29, 1.82) is 0 Å². The Morgan fingerprint density at radius 3 is 2.58 bits per heavy atom. The maximum absolute atomic E-state index is 13.2. The van der Waals surface area contributed by atoms with E-state index in [1.165, 1.54) is 16.4 Å². The molecule has 3 rings (SSSR count). The van der Waals surface area contributed by atoms with Gasteiger partial charge in [-0.15, -0.1) is 0 Å². The van der Waals surface area contributed by atoms with Gasteiger partial charge in [0.15, 0.2) is 0 Å². The molecular weight excluding hydrogens is 267 g/mol. The monoisotopic (exact) mass is 284 g/mol. The van der Waals surface area contributed by atoms with Gasteiger partial charge in [-0.25, -0.2) is 12.8 Å². The fourth-order valence-corrected chi connectivity index (χ4v) is 4.52. The molecule has 2 aliphatic rings. The third-order valence-corrected chi connectivity index (χ3v) is 6.03. The molecule has 1 saturated carbocycles. The lowest BCUT2D eigenvalue weighted by Crippen LogP contribution is -2.69. The highest BCUT2D eigenvalue weighted by molar-refractivity contribution is 7.89. The van der Waals surface area contributed by atoms with Crippen molar-refractivity contribution < 1.29 is 12.8 Å². The van der Waals surface area contributed by atoms with Crippen LogP contribution in [0, 0.1) is 18.7 Å². The predicted molar refractivity (Wildman–Crippen MR) is 69.5 cm³/mol. The van der Waals surface area contributed by atoms with E-state index in [0.717, 1.165) is 18.9 Å². The Hall–Kier alpha value is -0.980. The van der Waals surface area contributed by atoms with E-state index >= 15 is 0 Å². The first-order chi connectivity index (χ1) is 8.83. The van der Waals surface area contributed by atoms with Crippen LogP contribution in [0.3, 0.4) is 0 Å². The predicted octanol–water partition coefficient (Wildman–Crippen LogP) is 1.25. The molecule has 0 amide bonds. The summed E-state index contributed by atoms with van der Waals surface area (Å²) in [5, 5.41) is 0. The van der Waals surface area contributed by atoms with Crippen molar-refractivity contribution in [2.24, 2.45) is 11.7 Å². The minimum atomic E-state index is -3.62. The van der Waals surface area contributed by atoms with Crippen molar-refractivity contribution in [2.45, 2.75) is 30.2 Å². The summed E-state index contributed by atoms with van der Waals surface area (Å²) in [5.41, 5.74) is 6.35. The van der Waals surface area contributed by atoms with Crippen molar-refractivity contribution in [3.05, 3.63) is 29.6 Å². The molecule has 2 fully saturated rings. The quantitative estimate of drug-likeness (QED) is 0.908. The normalized spacial score (nSPS) is 23.1. The van der Waals surface area contributed by atoms with E-state index in [-0.39, 0.29) is 10.4 Å². The maximum atomic E-state index is 13.2. The van der Waals surface area contributed by atoms with Gasteiger partial charge in [-0.1, -0.05) is 6.07 Å². The van der Waals surface area contributed by atoms with Crippen molar-refractivity contribution >= 4 is 10.0 Å². The molecule has 1 aliphatic heterocycles. The summed E-state index contributed by atoms with van der Waals surface area (Å²) < 4.78 is 39.4. The van der Waals surface area contributed by atoms with Gasteiger partial charge in [0.05, 0.1) is 4.90 Å². The fourth-order valence-electron chi connectivity index (χ4n) is 2.69. The second-order valence-electron chi connectivity index (χ2n) is 5.69. The number of benzene rings is 1. The zero-order valence-corrected chi connectivity index (χ0v) is 11.6. The lowest BCUT2D eigenvalue weighted by atomic mass is 9.88. The van der Waals surface area contributed by atoms with Crippen molar-refractivity contribution in [1.82, 2.24) is 4.31 Å². The minimum Gasteiger partial charge on any atom is -0.323 e.